The summed E-state index contributed by atoms with van der Waals surface area (Å²) in [6.07, 6.45) is 0. The van der Waals surface area contributed by atoms with Gasteiger partial charge in [0.05, 0.1) is 30.0 Å². The number of aromatic nitrogens is 4. The van der Waals surface area contributed by atoms with Gasteiger partial charge in [-0.05, 0) is 68.7 Å². The maximum absolute atomic E-state index is 13.7. The summed E-state index contributed by atoms with van der Waals surface area (Å²) >= 11 is 3.64. The fourth-order valence-corrected chi connectivity index (χ4v) is 4.89. The minimum atomic E-state index is -0.649. The lowest BCUT2D eigenvalue weighted by Crippen LogP contribution is -2.31. The standard InChI is InChI=1S/C27H25BrN6O4/c1-16-23(26(35)30-20-11-7-8-12-21(20)36-2)24(34-27(29-16)31-32-33-34)18-13-19(28)25(22(14-18)37-3)38-15-17-9-5-4-6-10-17/h4-14,24H,15H2,1-3H3,(H,30,35)(H,29,31,33). The molecule has 1 aliphatic heterocycles. The molecule has 2 N–H and O–H groups in total. The third-order valence-corrected chi connectivity index (χ3v) is 6.70. The quantitative estimate of drug-likeness (QED) is 0.302. The van der Waals surface area contributed by atoms with E-state index in [4.69, 9.17) is 14.2 Å². The van der Waals surface area contributed by atoms with Crippen molar-refractivity contribution in [1.29, 1.82) is 0 Å². The number of anilines is 2. The van der Waals surface area contributed by atoms with Gasteiger partial charge in [0, 0.05) is 5.70 Å². The van der Waals surface area contributed by atoms with Crippen LogP contribution in [0.4, 0.5) is 11.6 Å². The average molecular weight is 577 g/mol. The Morgan fingerprint density at radius 2 is 1.79 bits per heavy atom. The second-order valence-electron chi connectivity index (χ2n) is 8.48. The Morgan fingerprint density at radius 1 is 1.05 bits per heavy atom. The van der Waals surface area contributed by atoms with E-state index in [-0.39, 0.29) is 5.91 Å². The number of methoxy groups -OCH3 is 2. The number of nitrogens with one attached hydrogen (secondary N) is 2. The van der Waals surface area contributed by atoms with Crippen LogP contribution in [0.15, 0.2) is 82.5 Å². The zero-order valence-electron chi connectivity index (χ0n) is 20.9. The van der Waals surface area contributed by atoms with Gasteiger partial charge in [-0.1, -0.05) is 47.6 Å². The van der Waals surface area contributed by atoms with Gasteiger partial charge in [0.1, 0.15) is 18.4 Å². The molecule has 0 saturated heterocycles. The Kier molecular flexibility index (Phi) is 7.27. The second-order valence-corrected chi connectivity index (χ2v) is 9.33. The monoisotopic (exact) mass is 576 g/mol. The van der Waals surface area contributed by atoms with Crippen LogP contribution >= 0.6 is 15.9 Å². The van der Waals surface area contributed by atoms with Gasteiger partial charge in [-0.3, -0.25) is 4.79 Å². The van der Waals surface area contributed by atoms with Crippen LogP contribution < -0.4 is 24.8 Å². The highest BCUT2D eigenvalue weighted by molar-refractivity contribution is 9.10. The number of benzene rings is 3. The first-order valence-electron chi connectivity index (χ1n) is 11.7. The van der Waals surface area contributed by atoms with E-state index in [0.717, 1.165) is 11.1 Å². The van der Waals surface area contributed by atoms with Crippen molar-refractivity contribution in [3.8, 4) is 17.2 Å². The molecule has 0 saturated carbocycles. The highest BCUT2D eigenvalue weighted by Gasteiger charge is 2.35. The van der Waals surface area contributed by atoms with Gasteiger partial charge in [0.25, 0.3) is 5.91 Å². The van der Waals surface area contributed by atoms with Gasteiger partial charge >= 0.3 is 0 Å². The number of ether oxygens (including phenoxy) is 3. The number of hydrogen-bond acceptors (Lipinski definition) is 8. The number of rotatable bonds is 8. The van der Waals surface area contributed by atoms with Crippen LogP contribution in [0.3, 0.4) is 0 Å². The minimum Gasteiger partial charge on any atom is -0.495 e. The van der Waals surface area contributed by atoms with E-state index in [1.807, 2.05) is 61.5 Å². The van der Waals surface area contributed by atoms with Crippen molar-refractivity contribution in [3.05, 3.63) is 93.6 Å². The summed E-state index contributed by atoms with van der Waals surface area (Å²) in [6.45, 7) is 2.18. The molecule has 10 nitrogen and oxygen atoms in total. The first kappa shape index (κ1) is 25.3. The molecule has 0 bridgehead atoms. The molecule has 1 aliphatic rings. The zero-order valence-corrected chi connectivity index (χ0v) is 22.5. The van der Waals surface area contributed by atoms with Crippen LogP contribution in [0.2, 0.25) is 0 Å². The normalized spacial score (nSPS) is 14.4. The molecule has 194 valence electrons. The van der Waals surface area contributed by atoms with Crippen molar-refractivity contribution in [2.75, 3.05) is 24.9 Å². The lowest BCUT2D eigenvalue weighted by Gasteiger charge is -2.28. The molecule has 1 atom stereocenters. The highest BCUT2D eigenvalue weighted by atomic mass is 79.9. The van der Waals surface area contributed by atoms with Crippen LogP contribution in [-0.2, 0) is 11.4 Å². The summed E-state index contributed by atoms with van der Waals surface area (Å²) in [5.74, 6) is 1.69. The Labute approximate surface area is 227 Å². The highest BCUT2D eigenvalue weighted by Crippen LogP contribution is 2.43. The van der Waals surface area contributed by atoms with E-state index in [1.165, 1.54) is 0 Å². The lowest BCUT2D eigenvalue weighted by atomic mass is 9.94. The van der Waals surface area contributed by atoms with Gasteiger partial charge < -0.3 is 24.8 Å². The average Bonchev–Trinajstić information content (AvgIpc) is 3.40. The topological polar surface area (TPSA) is 112 Å². The Morgan fingerprint density at radius 3 is 2.55 bits per heavy atom. The fraction of sp³-hybridized carbons (Fsp3) is 0.185. The largest absolute Gasteiger partial charge is 0.495 e. The molecule has 1 unspecified atom stereocenters. The molecule has 1 aromatic heterocycles. The second kappa shape index (κ2) is 10.9. The molecule has 2 heterocycles. The van der Waals surface area contributed by atoms with Crippen molar-refractivity contribution < 1.29 is 19.0 Å². The molecular weight excluding hydrogens is 552 g/mol. The predicted octanol–water partition coefficient (Wildman–Crippen LogP) is 4.96. The molecular formula is C27H25BrN6O4. The third-order valence-electron chi connectivity index (χ3n) is 6.11. The summed E-state index contributed by atoms with van der Waals surface area (Å²) < 4.78 is 19.4. The van der Waals surface area contributed by atoms with Crippen molar-refractivity contribution in [2.24, 2.45) is 0 Å². The lowest BCUT2D eigenvalue weighted by molar-refractivity contribution is -0.113. The summed E-state index contributed by atoms with van der Waals surface area (Å²) in [4.78, 5) is 13.7. The smallest absolute Gasteiger partial charge is 0.255 e. The molecule has 0 fully saturated rings. The molecule has 5 rings (SSSR count). The van der Waals surface area contributed by atoms with Crippen LogP contribution in [0, 0.1) is 0 Å². The number of carbonyl (C=O) groups excluding carboxylic acids is 1. The summed E-state index contributed by atoms with van der Waals surface area (Å²) in [5, 5.41) is 18.2. The number of halogens is 1. The molecule has 38 heavy (non-hydrogen) atoms. The van der Waals surface area contributed by atoms with Crippen molar-refractivity contribution in [2.45, 2.75) is 19.6 Å². The summed E-state index contributed by atoms with van der Waals surface area (Å²) in [7, 11) is 3.13. The molecule has 0 spiro atoms. The van der Waals surface area contributed by atoms with Crippen LogP contribution in [0.25, 0.3) is 0 Å². The van der Waals surface area contributed by atoms with Crippen LogP contribution in [0.1, 0.15) is 24.1 Å². The number of allylic oxidation sites excluding steroid dienone is 1. The number of fused-ring (bicyclic) bond motifs is 1. The third kappa shape index (κ3) is 4.92. The van der Waals surface area contributed by atoms with Crippen LogP contribution in [-0.4, -0.2) is 40.3 Å². The van der Waals surface area contributed by atoms with Gasteiger partial charge in [-0.25, -0.2) is 0 Å². The number of tetrazole rings is 1. The van der Waals surface area contributed by atoms with E-state index in [9.17, 15) is 4.79 Å². The number of hydrogen-bond donors (Lipinski definition) is 2. The Balaban J connectivity index is 1.53. The predicted molar refractivity (Wildman–Crippen MR) is 145 cm³/mol. The van der Waals surface area contributed by atoms with Gasteiger partial charge in [-0.2, -0.15) is 4.68 Å². The Bertz CT molecular complexity index is 1500. The SMILES string of the molecule is COc1ccccc1NC(=O)C1=C(C)Nc2nnnn2C1c1cc(Br)c(OCc2ccccc2)c(OC)c1. The molecule has 1 amide bonds. The maximum Gasteiger partial charge on any atom is 0.255 e. The summed E-state index contributed by atoms with van der Waals surface area (Å²) in [6, 6.07) is 20.1. The van der Waals surface area contributed by atoms with E-state index < -0.39 is 6.04 Å². The Hall–Kier alpha value is -4.38. The number of carbonyl (C=O) groups is 1. The zero-order chi connectivity index (χ0) is 26.6. The number of nitrogens with zero attached hydrogens (tertiary/aromatic N) is 4. The number of amides is 1. The number of para-hydroxylation sites is 2. The van der Waals surface area contributed by atoms with E-state index in [0.29, 0.717) is 51.2 Å². The van der Waals surface area contributed by atoms with Crippen LogP contribution in [0.5, 0.6) is 17.2 Å². The van der Waals surface area contributed by atoms with E-state index in [2.05, 4.69) is 42.1 Å². The van der Waals surface area contributed by atoms with Gasteiger partial charge in [0.2, 0.25) is 5.95 Å². The first-order chi connectivity index (χ1) is 18.5. The molecule has 0 aliphatic carbocycles. The first-order valence-corrected chi connectivity index (χ1v) is 12.5. The van der Waals surface area contributed by atoms with Gasteiger partial charge in [-0.15, -0.1) is 0 Å². The fourth-order valence-electron chi connectivity index (χ4n) is 4.32. The van der Waals surface area contributed by atoms with Crippen molar-refractivity contribution in [1.82, 2.24) is 20.2 Å². The van der Waals surface area contributed by atoms with E-state index in [1.54, 1.807) is 31.0 Å². The van der Waals surface area contributed by atoms with E-state index >= 15 is 0 Å². The molecule has 3 aromatic carbocycles. The van der Waals surface area contributed by atoms with Crippen molar-refractivity contribution >= 4 is 33.5 Å². The van der Waals surface area contributed by atoms with Gasteiger partial charge in [0.15, 0.2) is 11.5 Å². The molecule has 11 heteroatoms. The molecule has 4 aromatic rings. The maximum atomic E-state index is 13.7. The summed E-state index contributed by atoms with van der Waals surface area (Å²) in [5.41, 5.74) is 3.34. The minimum absolute atomic E-state index is 0.329. The van der Waals surface area contributed by atoms with Crippen molar-refractivity contribution in [3.63, 3.8) is 0 Å². The molecule has 0 radical (unpaired) electrons.